The molecular weight excluding hydrogens is 230 g/mol. The Morgan fingerprint density at radius 2 is 1.94 bits per heavy atom. The summed E-state index contributed by atoms with van der Waals surface area (Å²) in [6.45, 7) is 1.65. The smallest absolute Gasteiger partial charge is 0.247 e. The van der Waals surface area contributed by atoms with Crippen LogP contribution < -0.4 is 0 Å². The Kier molecular flexibility index (Phi) is 3.25. The van der Waals surface area contributed by atoms with Crippen LogP contribution in [-0.4, -0.2) is 46.8 Å². The fraction of sp³-hybridized carbons (Fsp3) is 0.308. The topological polar surface area (TPSA) is 55.2 Å². The van der Waals surface area contributed by atoms with Crippen LogP contribution in [0, 0.1) is 0 Å². The number of Topliss-reactive ketones (excluding diaryl/α,β-unsaturated/α-hetero) is 1. The Morgan fingerprint density at radius 3 is 2.56 bits per heavy atom. The van der Waals surface area contributed by atoms with Gasteiger partial charge in [0.15, 0.2) is 11.6 Å². The van der Waals surface area contributed by atoms with Gasteiger partial charge in [0.25, 0.3) is 0 Å². The number of hydrogen-bond donors (Lipinski definition) is 0. The molecule has 1 aromatic heterocycles. The van der Waals surface area contributed by atoms with Crippen molar-refractivity contribution >= 4 is 22.7 Å². The molecule has 0 spiro atoms. The highest BCUT2D eigenvalue weighted by Gasteiger charge is 2.19. The number of rotatable bonds is 3. The maximum atomic E-state index is 12.2. The molecule has 0 N–H and O–H groups in total. The molecule has 0 unspecified atom stereocenters. The second-order valence-electron chi connectivity index (χ2n) is 4.45. The van der Waals surface area contributed by atoms with E-state index in [0.717, 1.165) is 0 Å². The standard InChI is InChI=1S/C13H15N3O2/c1-9(17)13-14-10-6-4-5-7-11(10)16(13)12(18)8-15(2)3/h4-7H,8H2,1-3H3. The van der Waals surface area contributed by atoms with Gasteiger partial charge in [0.05, 0.1) is 17.6 Å². The van der Waals surface area contributed by atoms with Gasteiger partial charge in [-0.2, -0.15) is 0 Å². The molecule has 0 amide bonds. The number of hydrogen-bond acceptors (Lipinski definition) is 4. The summed E-state index contributed by atoms with van der Waals surface area (Å²) in [6, 6.07) is 7.25. The average Bonchev–Trinajstić information content (AvgIpc) is 2.67. The van der Waals surface area contributed by atoms with Gasteiger partial charge in [-0.15, -0.1) is 0 Å². The Labute approximate surface area is 105 Å². The highest BCUT2D eigenvalue weighted by molar-refractivity contribution is 6.02. The number of aromatic nitrogens is 2. The van der Waals surface area contributed by atoms with Crippen LogP contribution in [0.2, 0.25) is 0 Å². The quantitative estimate of drug-likeness (QED) is 0.768. The number of carbonyl (C=O) groups excluding carboxylic acids is 2. The van der Waals surface area contributed by atoms with E-state index in [1.165, 1.54) is 11.5 Å². The lowest BCUT2D eigenvalue weighted by Crippen LogP contribution is -2.28. The Bertz CT molecular complexity index is 614. The maximum absolute atomic E-state index is 12.2. The summed E-state index contributed by atoms with van der Waals surface area (Å²) < 4.78 is 1.40. The molecule has 94 valence electrons. The predicted octanol–water partition coefficient (Wildman–Crippen LogP) is 1.44. The van der Waals surface area contributed by atoms with Gasteiger partial charge < -0.3 is 4.90 Å². The zero-order valence-electron chi connectivity index (χ0n) is 10.7. The predicted molar refractivity (Wildman–Crippen MR) is 68.9 cm³/mol. The zero-order valence-corrected chi connectivity index (χ0v) is 10.7. The largest absolute Gasteiger partial charge is 0.301 e. The third kappa shape index (κ3) is 2.17. The normalized spacial score (nSPS) is 11.1. The lowest BCUT2D eigenvalue weighted by molar-refractivity contribution is 0.0860. The van der Waals surface area contributed by atoms with Crippen molar-refractivity contribution < 1.29 is 9.59 Å². The van der Waals surface area contributed by atoms with Gasteiger partial charge in [-0.05, 0) is 26.2 Å². The number of ketones is 1. The molecule has 2 aromatic rings. The molecule has 1 heterocycles. The molecule has 1 aromatic carbocycles. The lowest BCUT2D eigenvalue weighted by atomic mass is 10.3. The van der Waals surface area contributed by atoms with Gasteiger partial charge in [0.2, 0.25) is 5.91 Å². The van der Waals surface area contributed by atoms with E-state index in [1.54, 1.807) is 17.0 Å². The number of nitrogens with zero attached hydrogens (tertiary/aromatic N) is 3. The van der Waals surface area contributed by atoms with Crippen molar-refractivity contribution in [2.45, 2.75) is 6.92 Å². The van der Waals surface area contributed by atoms with E-state index in [2.05, 4.69) is 4.98 Å². The first-order chi connectivity index (χ1) is 8.50. The van der Waals surface area contributed by atoms with Gasteiger partial charge in [0, 0.05) is 6.92 Å². The molecule has 0 aliphatic rings. The lowest BCUT2D eigenvalue weighted by Gasteiger charge is -2.10. The van der Waals surface area contributed by atoms with Crippen molar-refractivity contribution in [3.05, 3.63) is 30.1 Å². The Morgan fingerprint density at radius 1 is 1.28 bits per heavy atom. The Balaban J connectivity index is 2.62. The summed E-state index contributed by atoms with van der Waals surface area (Å²) in [5, 5.41) is 0. The van der Waals surface area contributed by atoms with E-state index in [0.29, 0.717) is 11.0 Å². The van der Waals surface area contributed by atoms with Crippen LogP contribution >= 0.6 is 0 Å². The second kappa shape index (κ2) is 4.70. The minimum Gasteiger partial charge on any atom is -0.301 e. The molecule has 5 nitrogen and oxygen atoms in total. The highest BCUT2D eigenvalue weighted by atomic mass is 16.2. The molecule has 0 bridgehead atoms. The number of carbonyl (C=O) groups is 2. The van der Waals surface area contributed by atoms with Crippen molar-refractivity contribution in [2.75, 3.05) is 20.6 Å². The van der Waals surface area contributed by atoms with Crippen molar-refractivity contribution in [1.82, 2.24) is 14.5 Å². The van der Waals surface area contributed by atoms with E-state index >= 15 is 0 Å². The van der Waals surface area contributed by atoms with E-state index in [9.17, 15) is 9.59 Å². The zero-order chi connectivity index (χ0) is 13.3. The molecule has 18 heavy (non-hydrogen) atoms. The van der Waals surface area contributed by atoms with Crippen molar-refractivity contribution in [3.63, 3.8) is 0 Å². The van der Waals surface area contributed by atoms with E-state index in [1.807, 2.05) is 26.2 Å². The van der Waals surface area contributed by atoms with Gasteiger partial charge in [-0.3, -0.25) is 14.2 Å². The minimum atomic E-state index is -0.210. The fourth-order valence-corrected chi connectivity index (χ4v) is 1.86. The van der Waals surface area contributed by atoms with Crippen LogP contribution in [0.4, 0.5) is 0 Å². The SMILES string of the molecule is CC(=O)c1nc2ccccc2n1C(=O)CN(C)C. The number of fused-ring (bicyclic) bond motifs is 1. The summed E-state index contributed by atoms with van der Waals surface area (Å²) in [6.07, 6.45) is 0. The molecule has 5 heteroatoms. The molecule has 0 radical (unpaired) electrons. The summed E-state index contributed by atoms with van der Waals surface area (Å²) in [7, 11) is 3.62. The molecule has 0 saturated carbocycles. The highest BCUT2D eigenvalue weighted by Crippen LogP contribution is 2.16. The van der Waals surface area contributed by atoms with Crippen molar-refractivity contribution in [3.8, 4) is 0 Å². The van der Waals surface area contributed by atoms with E-state index in [4.69, 9.17) is 0 Å². The van der Waals surface area contributed by atoms with Gasteiger partial charge in [-0.1, -0.05) is 12.1 Å². The monoisotopic (exact) mass is 245 g/mol. The van der Waals surface area contributed by atoms with E-state index < -0.39 is 0 Å². The molecule has 0 aliphatic carbocycles. The third-order valence-electron chi connectivity index (χ3n) is 2.58. The maximum Gasteiger partial charge on any atom is 0.247 e. The van der Waals surface area contributed by atoms with Crippen molar-refractivity contribution in [2.24, 2.45) is 0 Å². The summed E-state index contributed by atoms with van der Waals surface area (Å²) in [5.74, 6) is -0.166. The second-order valence-corrected chi connectivity index (χ2v) is 4.45. The van der Waals surface area contributed by atoms with Gasteiger partial charge >= 0.3 is 0 Å². The van der Waals surface area contributed by atoms with Crippen LogP contribution in [-0.2, 0) is 0 Å². The average molecular weight is 245 g/mol. The molecule has 0 saturated heterocycles. The molecule has 0 fully saturated rings. The molecule has 0 atom stereocenters. The van der Waals surface area contributed by atoms with Gasteiger partial charge in [-0.25, -0.2) is 4.98 Å². The summed E-state index contributed by atoms with van der Waals surface area (Å²) in [4.78, 5) is 29.7. The van der Waals surface area contributed by atoms with Crippen LogP contribution in [0.1, 0.15) is 22.3 Å². The number of likely N-dealkylation sites (N-methyl/N-ethyl adjacent to an activating group) is 1. The van der Waals surface area contributed by atoms with Crippen LogP contribution in [0.3, 0.4) is 0 Å². The fourth-order valence-electron chi connectivity index (χ4n) is 1.86. The third-order valence-corrected chi connectivity index (χ3v) is 2.58. The van der Waals surface area contributed by atoms with Crippen LogP contribution in [0.25, 0.3) is 11.0 Å². The number of para-hydroxylation sites is 2. The van der Waals surface area contributed by atoms with E-state index in [-0.39, 0.29) is 24.1 Å². The van der Waals surface area contributed by atoms with Crippen LogP contribution in [0.5, 0.6) is 0 Å². The first-order valence-electron chi connectivity index (χ1n) is 5.67. The summed E-state index contributed by atoms with van der Waals surface area (Å²) >= 11 is 0. The van der Waals surface area contributed by atoms with Crippen LogP contribution in [0.15, 0.2) is 24.3 Å². The Hall–Kier alpha value is -2.01. The van der Waals surface area contributed by atoms with Gasteiger partial charge in [0.1, 0.15) is 0 Å². The van der Waals surface area contributed by atoms with Crippen molar-refractivity contribution in [1.29, 1.82) is 0 Å². The number of benzene rings is 1. The number of imidazole rings is 1. The molecular formula is C13H15N3O2. The first kappa shape index (κ1) is 12.4. The molecule has 0 aliphatic heterocycles. The minimum absolute atomic E-state index is 0.154. The summed E-state index contributed by atoms with van der Waals surface area (Å²) in [5.41, 5.74) is 1.34. The molecule has 2 rings (SSSR count). The first-order valence-corrected chi connectivity index (χ1v) is 5.67.